The van der Waals surface area contributed by atoms with Gasteiger partial charge in [0, 0.05) is 5.92 Å². The van der Waals surface area contributed by atoms with Gasteiger partial charge in [0.25, 0.3) is 0 Å². The first-order valence-electron chi connectivity index (χ1n) is 12.7. The number of benzene rings is 3. The molecule has 1 amide bonds. The van der Waals surface area contributed by atoms with Crippen LogP contribution in [0.1, 0.15) is 50.4 Å². The van der Waals surface area contributed by atoms with Gasteiger partial charge in [-0.05, 0) is 41.2 Å². The second-order valence-electron chi connectivity index (χ2n) is 10.9. The van der Waals surface area contributed by atoms with Gasteiger partial charge in [-0.15, -0.1) is 0 Å². The molecule has 1 heterocycles. The highest BCUT2D eigenvalue weighted by molar-refractivity contribution is 6.33. The molecule has 3 atom stereocenters. The van der Waals surface area contributed by atoms with E-state index in [1.807, 2.05) is 81.4 Å². The van der Waals surface area contributed by atoms with Crippen LogP contribution >= 0.6 is 0 Å². The fraction of sp³-hybridized carbons (Fsp3) is 0.333. The smallest absolute Gasteiger partial charge is 0.397 e. The standard InChI is InChI=1S/C30H32F3NO4Si/c1-18-17-34(27(35)28(36)37-18)25(19-15-22(31)24(33)23(32)16-19)26(29(2,3)4)30(38-39,20-11-7-5-8-12-20)21-13-9-6-10-14-21/h5-16,18,25-26H,17H2,1-4,39H3/t18-,25-,26-/m0/s1. The summed E-state index contributed by atoms with van der Waals surface area (Å²) in [7, 11) is 0.248. The van der Waals surface area contributed by atoms with Gasteiger partial charge >= 0.3 is 11.9 Å². The van der Waals surface area contributed by atoms with Crippen molar-refractivity contribution in [2.24, 2.45) is 11.3 Å². The molecule has 39 heavy (non-hydrogen) atoms. The molecular weight excluding hydrogens is 523 g/mol. The number of esters is 1. The summed E-state index contributed by atoms with van der Waals surface area (Å²) < 4.78 is 55.4. The van der Waals surface area contributed by atoms with Gasteiger partial charge in [0.2, 0.25) is 0 Å². The third kappa shape index (κ3) is 5.25. The second-order valence-corrected chi connectivity index (χ2v) is 11.3. The minimum atomic E-state index is -1.61. The van der Waals surface area contributed by atoms with Crippen molar-refractivity contribution >= 4 is 22.4 Å². The molecule has 0 N–H and O–H groups in total. The van der Waals surface area contributed by atoms with E-state index in [-0.39, 0.29) is 22.6 Å². The number of halogens is 3. The number of carbonyl (C=O) groups is 2. The summed E-state index contributed by atoms with van der Waals surface area (Å²) in [6, 6.07) is 19.5. The van der Waals surface area contributed by atoms with Crippen LogP contribution in [0.25, 0.3) is 0 Å². The molecule has 3 aromatic carbocycles. The number of amides is 1. The number of ether oxygens (including phenoxy) is 1. The van der Waals surface area contributed by atoms with Crippen LogP contribution in [0, 0.1) is 28.8 Å². The average molecular weight is 556 g/mol. The number of nitrogens with zero attached hydrogens (tertiary/aromatic N) is 1. The highest BCUT2D eigenvalue weighted by atomic mass is 28.2. The Morgan fingerprint density at radius 3 is 1.85 bits per heavy atom. The first-order chi connectivity index (χ1) is 18.4. The van der Waals surface area contributed by atoms with Gasteiger partial charge < -0.3 is 14.1 Å². The first kappa shape index (κ1) is 28.6. The van der Waals surface area contributed by atoms with Crippen LogP contribution in [0.2, 0.25) is 0 Å². The lowest BCUT2D eigenvalue weighted by molar-refractivity contribution is -0.178. The highest BCUT2D eigenvalue weighted by Crippen LogP contribution is 2.55. The van der Waals surface area contributed by atoms with Gasteiger partial charge in [-0.25, -0.2) is 18.0 Å². The molecule has 0 aliphatic carbocycles. The molecule has 0 aromatic heterocycles. The van der Waals surface area contributed by atoms with Crippen LogP contribution in [-0.4, -0.2) is 39.9 Å². The molecule has 1 aliphatic heterocycles. The zero-order valence-corrected chi connectivity index (χ0v) is 24.6. The SMILES string of the molecule is C[C@H]1CN([C@@H](c2cc(F)c(F)c(F)c2)[C@@H](C(C)(C)C)C(O[SiH3])(c2ccccc2)c2ccccc2)C(=O)C(=O)O1. The summed E-state index contributed by atoms with van der Waals surface area (Å²) in [6.45, 7) is 7.44. The largest absolute Gasteiger partial charge is 0.454 e. The lowest BCUT2D eigenvalue weighted by Crippen LogP contribution is -2.57. The number of carbonyl (C=O) groups excluding carboxylic acids is 2. The van der Waals surface area contributed by atoms with E-state index in [1.165, 1.54) is 4.90 Å². The van der Waals surface area contributed by atoms with Crippen molar-refractivity contribution in [2.75, 3.05) is 6.54 Å². The van der Waals surface area contributed by atoms with Crippen LogP contribution < -0.4 is 0 Å². The van der Waals surface area contributed by atoms with Crippen molar-refractivity contribution in [3.63, 3.8) is 0 Å². The Morgan fingerprint density at radius 1 is 0.923 bits per heavy atom. The minimum Gasteiger partial charge on any atom is -0.454 e. The topological polar surface area (TPSA) is 55.8 Å². The second kappa shape index (κ2) is 11.0. The van der Waals surface area contributed by atoms with E-state index in [0.29, 0.717) is 0 Å². The number of hydrogen-bond acceptors (Lipinski definition) is 4. The highest BCUT2D eigenvalue weighted by Gasteiger charge is 2.55. The molecule has 0 unspecified atom stereocenters. The summed E-state index contributed by atoms with van der Waals surface area (Å²) in [4.78, 5) is 27.3. The Labute approximate surface area is 229 Å². The predicted molar refractivity (Wildman–Crippen MR) is 144 cm³/mol. The van der Waals surface area contributed by atoms with Gasteiger partial charge in [-0.3, -0.25) is 4.79 Å². The molecular formula is C30H32F3NO4Si. The van der Waals surface area contributed by atoms with Crippen molar-refractivity contribution in [1.82, 2.24) is 4.90 Å². The summed E-state index contributed by atoms with van der Waals surface area (Å²) in [5.74, 6) is -7.12. The molecule has 0 radical (unpaired) electrons. The number of hydrogen-bond donors (Lipinski definition) is 0. The lowest BCUT2D eigenvalue weighted by atomic mass is 9.60. The average Bonchev–Trinajstić information content (AvgIpc) is 2.90. The molecule has 4 rings (SSSR count). The van der Waals surface area contributed by atoms with E-state index in [2.05, 4.69) is 0 Å². The van der Waals surface area contributed by atoms with Gasteiger partial charge in [-0.1, -0.05) is 81.4 Å². The molecule has 206 valence electrons. The van der Waals surface area contributed by atoms with Crippen molar-refractivity contribution in [2.45, 2.75) is 45.4 Å². The van der Waals surface area contributed by atoms with Crippen LogP contribution in [0.15, 0.2) is 72.8 Å². The van der Waals surface area contributed by atoms with E-state index in [0.717, 1.165) is 23.3 Å². The van der Waals surface area contributed by atoms with E-state index < -0.39 is 58.4 Å². The molecule has 3 aromatic rings. The maximum Gasteiger partial charge on any atom is 0.397 e. The van der Waals surface area contributed by atoms with Gasteiger partial charge in [0.15, 0.2) is 17.5 Å². The number of rotatable bonds is 7. The molecule has 0 spiro atoms. The molecule has 9 heteroatoms. The van der Waals surface area contributed by atoms with E-state index >= 15 is 0 Å². The maximum absolute atomic E-state index is 14.8. The van der Waals surface area contributed by atoms with Gasteiger partial charge in [-0.2, -0.15) is 0 Å². The van der Waals surface area contributed by atoms with E-state index in [9.17, 15) is 22.8 Å². The third-order valence-corrected chi connectivity index (χ3v) is 7.94. The Kier molecular flexibility index (Phi) is 8.04. The molecule has 0 bridgehead atoms. The predicted octanol–water partition coefficient (Wildman–Crippen LogP) is 4.82. The minimum absolute atomic E-state index is 0.0107. The lowest BCUT2D eigenvalue weighted by Gasteiger charge is -2.53. The number of cyclic esters (lactones) is 1. The zero-order chi connectivity index (χ0) is 28.5. The Hall–Kier alpha value is -3.43. The van der Waals surface area contributed by atoms with Crippen molar-refractivity contribution in [3.05, 3.63) is 107 Å². The van der Waals surface area contributed by atoms with Crippen LogP contribution in [0.5, 0.6) is 0 Å². The van der Waals surface area contributed by atoms with E-state index in [4.69, 9.17) is 9.16 Å². The van der Waals surface area contributed by atoms with Crippen LogP contribution in [-0.2, 0) is 24.4 Å². The molecule has 1 saturated heterocycles. The fourth-order valence-corrected chi connectivity index (χ4v) is 6.58. The van der Waals surface area contributed by atoms with Gasteiger partial charge in [0.1, 0.15) is 22.2 Å². The van der Waals surface area contributed by atoms with Crippen molar-refractivity contribution in [3.8, 4) is 0 Å². The Morgan fingerprint density at radius 2 is 1.41 bits per heavy atom. The van der Waals surface area contributed by atoms with Crippen LogP contribution in [0.3, 0.4) is 0 Å². The molecule has 1 fully saturated rings. The zero-order valence-electron chi connectivity index (χ0n) is 22.6. The summed E-state index contributed by atoms with van der Waals surface area (Å²) in [5, 5.41) is 0. The van der Waals surface area contributed by atoms with Crippen molar-refractivity contribution in [1.29, 1.82) is 0 Å². The maximum atomic E-state index is 14.8. The number of morpholine rings is 1. The summed E-state index contributed by atoms with van der Waals surface area (Å²) in [6.07, 6.45) is -0.673. The first-order valence-corrected chi connectivity index (χ1v) is 13.6. The summed E-state index contributed by atoms with van der Waals surface area (Å²) in [5.41, 5.74) is -0.383. The quantitative estimate of drug-likeness (QED) is 0.182. The Balaban J connectivity index is 2.12. The van der Waals surface area contributed by atoms with Crippen LogP contribution in [0.4, 0.5) is 13.2 Å². The molecule has 5 nitrogen and oxygen atoms in total. The third-order valence-electron chi connectivity index (χ3n) is 7.29. The van der Waals surface area contributed by atoms with E-state index in [1.54, 1.807) is 6.92 Å². The monoisotopic (exact) mass is 555 g/mol. The molecule has 0 saturated carbocycles. The Bertz CT molecular complexity index is 1280. The van der Waals surface area contributed by atoms with Crippen molar-refractivity contribution < 1.29 is 31.9 Å². The van der Waals surface area contributed by atoms with Gasteiger partial charge in [0.05, 0.1) is 12.6 Å². The normalized spacial score (nSPS) is 18.1. The summed E-state index contributed by atoms with van der Waals surface area (Å²) >= 11 is 0. The molecule has 1 aliphatic rings. The fourth-order valence-electron chi connectivity index (χ4n) is 5.85.